The molecule has 3 N–H and O–H groups in total. The van der Waals surface area contributed by atoms with Crippen LogP contribution in [0.15, 0.2) is 113 Å². The van der Waals surface area contributed by atoms with Crippen LogP contribution in [0.1, 0.15) is 32.5 Å². The lowest BCUT2D eigenvalue weighted by molar-refractivity contribution is -0.0598. The highest BCUT2D eigenvalue weighted by atomic mass is 31.3. The molecule has 0 bridgehead atoms. The number of rotatable bonds is 13. The van der Waals surface area contributed by atoms with Gasteiger partial charge in [-0.15, -0.1) is 0 Å². The van der Waals surface area contributed by atoms with Crippen molar-refractivity contribution in [2.24, 2.45) is 0 Å². The SMILES string of the molecule is O=C(OC1[C@@H](COP(=O)(O)OP(=O)(O)OCc2ccccc2)O[C@@H](n2ccc(=O)[nH]c2=O)[C@H]1OC(=O)c1ccccc1)c1ccccc1. The molecule has 0 aliphatic carbocycles. The van der Waals surface area contributed by atoms with Crippen molar-refractivity contribution in [3.63, 3.8) is 0 Å². The monoisotopic (exact) mass is 702 g/mol. The molecule has 0 radical (unpaired) electrons. The number of benzene rings is 3. The van der Waals surface area contributed by atoms with E-state index in [9.17, 15) is 38.1 Å². The predicted octanol–water partition coefficient (Wildman–Crippen LogP) is 3.34. The summed E-state index contributed by atoms with van der Waals surface area (Å²) < 4.78 is 57.6. The van der Waals surface area contributed by atoms with Gasteiger partial charge in [0.1, 0.15) is 6.10 Å². The lowest BCUT2D eigenvalue weighted by Gasteiger charge is -2.25. The van der Waals surface area contributed by atoms with E-state index in [2.05, 4.69) is 4.31 Å². The number of H-pyrrole nitrogens is 1. The van der Waals surface area contributed by atoms with Gasteiger partial charge in [-0.2, -0.15) is 4.31 Å². The topological polar surface area (TPSA) is 219 Å². The van der Waals surface area contributed by atoms with Crippen LogP contribution in [-0.2, 0) is 43.3 Å². The van der Waals surface area contributed by atoms with Crippen LogP contribution in [0.5, 0.6) is 0 Å². The molecule has 5 rings (SSSR count). The molecular weight excluding hydrogens is 674 g/mol. The zero-order chi connectivity index (χ0) is 34.3. The molecule has 2 heterocycles. The number of aromatic nitrogens is 2. The fourth-order valence-corrected chi connectivity index (χ4v) is 6.64. The summed E-state index contributed by atoms with van der Waals surface area (Å²) in [6.07, 6.45) is -5.34. The molecule has 3 unspecified atom stereocenters. The van der Waals surface area contributed by atoms with Gasteiger partial charge in [-0.25, -0.2) is 23.5 Å². The summed E-state index contributed by atoms with van der Waals surface area (Å²) in [7, 11) is -10.6. The summed E-state index contributed by atoms with van der Waals surface area (Å²) in [6, 6.07) is 24.4. The van der Waals surface area contributed by atoms with Crippen LogP contribution in [0.2, 0.25) is 0 Å². The van der Waals surface area contributed by atoms with Gasteiger partial charge in [0.05, 0.1) is 24.3 Å². The Kier molecular flexibility index (Phi) is 11.0. The zero-order valence-corrected chi connectivity index (χ0v) is 26.5. The van der Waals surface area contributed by atoms with Crippen molar-refractivity contribution >= 4 is 27.6 Å². The first-order valence-electron chi connectivity index (χ1n) is 14.1. The van der Waals surface area contributed by atoms with Crippen molar-refractivity contribution in [2.75, 3.05) is 6.61 Å². The Morgan fingerprint density at radius 2 is 1.27 bits per heavy atom. The van der Waals surface area contributed by atoms with Crippen LogP contribution < -0.4 is 11.2 Å². The lowest BCUT2D eigenvalue weighted by Crippen LogP contribution is -2.42. The minimum atomic E-state index is -5.39. The number of aromatic amines is 1. The number of esters is 2. The van der Waals surface area contributed by atoms with Crippen LogP contribution in [0.25, 0.3) is 0 Å². The average Bonchev–Trinajstić information content (AvgIpc) is 3.39. The summed E-state index contributed by atoms with van der Waals surface area (Å²) in [5.41, 5.74) is -1.12. The van der Waals surface area contributed by atoms with Gasteiger partial charge in [-0.05, 0) is 29.8 Å². The maximum Gasteiger partial charge on any atom is 0.481 e. The van der Waals surface area contributed by atoms with Gasteiger partial charge in [0.2, 0.25) is 0 Å². The third-order valence-electron chi connectivity index (χ3n) is 6.76. The molecule has 1 saturated heterocycles. The fraction of sp³-hybridized carbons (Fsp3) is 0.200. The number of nitrogens with zero attached hydrogens (tertiary/aromatic N) is 1. The molecule has 0 spiro atoms. The van der Waals surface area contributed by atoms with Gasteiger partial charge in [-0.3, -0.25) is 23.4 Å². The second-order valence-corrected chi connectivity index (χ2v) is 13.2. The Morgan fingerprint density at radius 1 is 0.750 bits per heavy atom. The van der Waals surface area contributed by atoms with Gasteiger partial charge in [-0.1, -0.05) is 66.7 Å². The van der Waals surface area contributed by atoms with Crippen LogP contribution in [0.3, 0.4) is 0 Å². The predicted molar refractivity (Wildman–Crippen MR) is 164 cm³/mol. The van der Waals surface area contributed by atoms with Crippen LogP contribution in [0.4, 0.5) is 0 Å². The molecule has 1 fully saturated rings. The van der Waals surface area contributed by atoms with Crippen LogP contribution in [0, 0.1) is 0 Å². The molecular formula is C30H28N2O14P2. The molecule has 6 atom stereocenters. The van der Waals surface area contributed by atoms with Crippen LogP contribution >= 0.6 is 15.6 Å². The first kappa shape index (κ1) is 34.8. The third kappa shape index (κ3) is 9.10. The van der Waals surface area contributed by atoms with E-state index in [1.54, 1.807) is 66.7 Å². The fourth-order valence-electron chi connectivity index (χ4n) is 4.57. The normalized spacial score (nSPS) is 21.5. The number of hydrogen-bond donors (Lipinski definition) is 3. The molecule has 18 heteroatoms. The summed E-state index contributed by atoms with van der Waals surface area (Å²) in [5.74, 6) is -1.84. The number of phosphoric acid groups is 2. The molecule has 252 valence electrons. The zero-order valence-electron chi connectivity index (χ0n) is 24.7. The van der Waals surface area contributed by atoms with Gasteiger partial charge < -0.3 is 24.0 Å². The van der Waals surface area contributed by atoms with E-state index in [0.29, 0.717) is 5.56 Å². The molecule has 1 aliphatic heterocycles. The van der Waals surface area contributed by atoms with E-state index in [4.69, 9.17) is 23.3 Å². The first-order chi connectivity index (χ1) is 22.9. The van der Waals surface area contributed by atoms with Gasteiger partial charge >= 0.3 is 33.3 Å². The van der Waals surface area contributed by atoms with Gasteiger partial charge in [0.25, 0.3) is 5.56 Å². The highest BCUT2D eigenvalue weighted by Gasteiger charge is 2.52. The standard InChI is InChI=1S/C30H28N2O14P2/c33-24-16-17-32(30(36)31-24)27-26(45-29(35)22-14-8-3-9-15-22)25(44-28(34)21-12-6-2-7-13-21)23(43-27)19-42-48(39,40)46-47(37,38)41-18-20-10-4-1-5-11-20/h1-17,23,25-27H,18-19H2,(H,37,38)(H,39,40)(H,31,33,36)/t23-,25?,26+,27-/m1/s1. The molecule has 1 aromatic heterocycles. The number of nitrogens with one attached hydrogen (secondary N) is 1. The van der Waals surface area contributed by atoms with Crippen molar-refractivity contribution < 1.29 is 56.1 Å². The Labute approximate surface area is 271 Å². The lowest BCUT2D eigenvalue weighted by atomic mass is 10.1. The minimum absolute atomic E-state index is 0.0721. The quantitative estimate of drug-likeness (QED) is 0.134. The molecule has 0 amide bonds. The summed E-state index contributed by atoms with van der Waals surface area (Å²) in [6.45, 7) is -1.41. The van der Waals surface area contributed by atoms with Crippen molar-refractivity contribution in [1.82, 2.24) is 9.55 Å². The maximum absolute atomic E-state index is 13.2. The largest absolute Gasteiger partial charge is 0.481 e. The highest BCUT2D eigenvalue weighted by Crippen LogP contribution is 2.61. The van der Waals surface area contributed by atoms with Crippen molar-refractivity contribution in [1.29, 1.82) is 0 Å². The molecule has 3 aromatic carbocycles. The minimum Gasteiger partial charge on any atom is -0.452 e. The summed E-state index contributed by atoms with van der Waals surface area (Å²) >= 11 is 0. The number of hydrogen-bond acceptors (Lipinski definition) is 12. The van der Waals surface area contributed by atoms with Crippen molar-refractivity contribution in [3.05, 3.63) is 141 Å². The number of carbonyl (C=O) groups excluding carboxylic acids is 2. The van der Waals surface area contributed by atoms with E-state index >= 15 is 0 Å². The Balaban J connectivity index is 1.42. The molecule has 0 saturated carbocycles. The molecule has 4 aromatic rings. The number of carbonyl (C=O) groups is 2. The van der Waals surface area contributed by atoms with Gasteiger partial charge in [0, 0.05) is 12.3 Å². The average molecular weight is 703 g/mol. The van der Waals surface area contributed by atoms with E-state index < -0.39 is 76.6 Å². The summed E-state index contributed by atoms with van der Waals surface area (Å²) in [4.78, 5) is 73.4. The maximum atomic E-state index is 13.2. The van der Waals surface area contributed by atoms with E-state index in [1.165, 1.54) is 24.3 Å². The second-order valence-electron chi connectivity index (χ2n) is 10.1. The smallest absolute Gasteiger partial charge is 0.452 e. The van der Waals surface area contributed by atoms with E-state index in [0.717, 1.165) is 16.8 Å². The van der Waals surface area contributed by atoms with Crippen LogP contribution in [-0.4, -0.2) is 56.2 Å². The molecule has 1 aliphatic rings. The van der Waals surface area contributed by atoms with Crippen molar-refractivity contribution in [3.8, 4) is 0 Å². The molecule has 16 nitrogen and oxygen atoms in total. The summed E-state index contributed by atoms with van der Waals surface area (Å²) in [5, 5.41) is 0. The van der Waals surface area contributed by atoms with Gasteiger partial charge in [0.15, 0.2) is 18.4 Å². The van der Waals surface area contributed by atoms with E-state index in [1.807, 2.05) is 4.98 Å². The molecule has 48 heavy (non-hydrogen) atoms. The van der Waals surface area contributed by atoms with E-state index in [-0.39, 0.29) is 11.1 Å². The Hall–Kier alpha value is -4.50. The number of phosphoric ester groups is 2. The number of ether oxygens (including phenoxy) is 3. The third-order valence-corrected chi connectivity index (χ3v) is 9.34. The Bertz CT molecular complexity index is 1940. The Morgan fingerprint density at radius 3 is 1.83 bits per heavy atom. The van der Waals surface area contributed by atoms with Crippen molar-refractivity contribution in [2.45, 2.75) is 31.1 Å². The first-order valence-corrected chi connectivity index (χ1v) is 17.1. The highest BCUT2D eigenvalue weighted by molar-refractivity contribution is 7.61. The second kappa shape index (κ2) is 15.2.